The van der Waals surface area contributed by atoms with Gasteiger partial charge in [-0.2, -0.15) is 0 Å². The molecule has 2 saturated heterocycles. The predicted octanol–water partition coefficient (Wildman–Crippen LogP) is 2.11. The summed E-state index contributed by atoms with van der Waals surface area (Å²) in [5.74, 6) is 2.63. The van der Waals surface area contributed by atoms with Crippen molar-refractivity contribution in [3.05, 3.63) is 0 Å². The lowest BCUT2D eigenvalue weighted by Gasteiger charge is -2.55. The Hall–Kier alpha value is -0.770. The van der Waals surface area contributed by atoms with Crippen molar-refractivity contribution in [1.29, 1.82) is 0 Å². The van der Waals surface area contributed by atoms with Gasteiger partial charge in [0.05, 0.1) is 6.10 Å². The minimum absolute atomic E-state index is 0.222. The Labute approximate surface area is 123 Å². The summed E-state index contributed by atoms with van der Waals surface area (Å²) in [4.78, 5) is 6.96. The van der Waals surface area contributed by atoms with E-state index in [0.29, 0.717) is 18.1 Å². The molecular formula is C16H29N3O. The lowest BCUT2D eigenvalue weighted by Crippen LogP contribution is -2.68. The fourth-order valence-corrected chi connectivity index (χ4v) is 4.27. The van der Waals surface area contributed by atoms with Crippen LogP contribution in [0.1, 0.15) is 40.0 Å². The topological polar surface area (TPSA) is 36.9 Å². The molecule has 4 nitrogen and oxygen atoms in total. The van der Waals surface area contributed by atoms with Crippen LogP contribution in [-0.2, 0) is 4.74 Å². The van der Waals surface area contributed by atoms with E-state index in [0.717, 1.165) is 31.6 Å². The van der Waals surface area contributed by atoms with Crippen LogP contribution in [0, 0.1) is 17.3 Å². The van der Waals surface area contributed by atoms with Gasteiger partial charge in [0.25, 0.3) is 0 Å². The van der Waals surface area contributed by atoms with Gasteiger partial charge in [-0.05, 0) is 25.2 Å². The number of rotatable bonds is 1. The van der Waals surface area contributed by atoms with Gasteiger partial charge >= 0.3 is 0 Å². The maximum absolute atomic E-state index is 5.88. The molecule has 3 aliphatic rings. The SMILES string of the molecule is CN=C(NC1C2CCOC2C1(C)C)N1CCC(C)CC1. The Bertz CT molecular complexity index is 385. The fourth-order valence-electron chi connectivity index (χ4n) is 4.27. The van der Waals surface area contributed by atoms with Crippen LogP contribution >= 0.6 is 0 Å². The summed E-state index contributed by atoms with van der Waals surface area (Å²) in [6, 6.07) is 0.507. The van der Waals surface area contributed by atoms with Gasteiger partial charge in [-0.3, -0.25) is 4.99 Å². The molecule has 3 fully saturated rings. The van der Waals surface area contributed by atoms with Crippen LogP contribution in [-0.4, -0.2) is 49.7 Å². The number of fused-ring (bicyclic) bond motifs is 1. The normalized spacial score (nSPS) is 37.5. The number of hydrogen-bond donors (Lipinski definition) is 1. The summed E-state index contributed by atoms with van der Waals surface area (Å²) in [5.41, 5.74) is 0.222. The summed E-state index contributed by atoms with van der Waals surface area (Å²) >= 11 is 0. The number of ether oxygens (including phenoxy) is 1. The van der Waals surface area contributed by atoms with Gasteiger partial charge in [-0.25, -0.2) is 0 Å². The zero-order chi connectivity index (χ0) is 14.3. The monoisotopic (exact) mass is 279 g/mol. The molecule has 4 heteroatoms. The molecule has 3 atom stereocenters. The summed E-state index contributed by atoms with van der Waals surface area (Å²) in [5, 5.41) is 3.75. The third-order valence-electron chi connectivity index (χ3n) is 5.68. The summed E-state index contributed by atoms with van der Waals surface area (Å²) in [6.45, 7) is 10.2. The fraction of sp³-hybridized carbons (Fsp3) is 0.938. The second kappa shape index (κ2) is 5.21. The van der Waals surface area contributed by atoms with Crippen LogP contribution in [0.25, 0.3) is 0 Å². The molecule has 1 N–H and O–H groups in total. The molecule has 0 bridgehead atoms. The molecule has 3 rings (SSSR count). The van der Waals surface area contributed by atoms with Crippen molar-refractivity contribution in [2.45, 2.75) is 52.2 Å². The van der Waals surface area contributed by atoms with Crippen molar-refractivity contribution in [3.63, 3.8) is 0 Å². The van der Waals surface area contributed by atoms with Crippen molar-refractivity contribution in [1.82, 2.24) is 10.2 Å². The van der Waals surface area contributed by atoms with Crippen molar-refractivity contribution >= 4 is 5.96 Å². The first-order chi connectivity index (χ1) is 9.54. The largest absolute Gasteiger partial charge is 0.377 e. The quantitative estimate of drug-likeness (QED) is 0.590. The lowest BCUT2D eigenvalue weighted by atomic mass is 9.57. The molecule has 1 saturated carbocycles. The zero-order valence-electron chi connectivity index (χ0n) is 13.4. The smallest absolute Gasteiger partial charge is 0.193 e. The van der Waals surface area contributed by atoms with Crippen LogP contribution in [0.4, 0.5) is 0 Å². The highest BCUT2D eigenvalue weighted by Gasteiger charge is 2.59. The third-order valence-corrected chi connectivity index (χ3v) is 5.68. The first-order valence-electron chi connectivity index (χ1n) is 8.14. The van der Waals surface area contributed by atoms with Crippen molar-refractivity contribution in [3.8, 4) is 0 Å². The second-order valence-corrected chi connectivity index (χ2v) is 7.40. The molecule has 20 heavy (non-hydrogen) atoms. The van der Waals surface area contributed by atoms with E-state index in [-0.39, 0.29) is 5.41 Å². The maximum Gasteiger partial charge on any atom is 0.193 e. The van der Waals surface area contributed by atoms with Gasteiger partial charge in [-0.1, -0.05) is 20.8 Å². The molecule has 0 radical (unpaired) electrons. The first-order valence-corrected chi connectivity index (χ1v) is 8.14. The Kier molecular flexibility index (Phi) is 3.69. The highest BCUT2D eigenvalue weighted by molar-refractivity contribution is 5.80. The Balaban J connectivity index is 1.64. The molecule has 0 spiro atoms. The second-order valence-electron chi connectivity index (χ2n) is 7.40. The molecule has 2 aliphatic heterocycles. The molecule has 0 aromatic heterocycles. The third kappa shape index (κ3) is 2.22. The highest BCUT2D eigenvalue weighted by Crippen LogP contribution is 2.52. The minimum Gasteiger partial charge on any atom is -0.377 e. The molecule has 3 unspecified atom stereocenters. The van der Waals surface area contributed by atoms with E-state index < -0.39 is 0 Å². The van der Waals surface area contributed by atoms with E-state index in [9.17, 15) is 0 Å². The highest BCUT2D eigenvalue weighted by atomic mass is 16.5. The number of hydrogen-bond acceptors (Lipinski definition) is 2. The molecule has 2 heterocycles. The van der Waals surface area contributed by atoms with Crippen molar-refractivity contribution < 1.29 is 4.74 Å². The van der Waals surface area contributed by atoms with Crippen LogP contribution in [0.5, 0.6) is 0 Å². The molecule has 0 aromatic carbocycles. The van der Waals surface area contributed by atoms with E-state index in [1.54, 1.807) is 0 Å². The standard InChI is InChI=1S/C16H29N3O/c1-11-5-8-19(9-6-11)15(17-4)18-13-12-7-10-20-14(12)16(13,2)3/h11-14H,5-10H2,1-4H3,(H,17,18). The molecule has 0 aromatic rings. The average Bonchev–Trinajstić information content (AvgIpc) is 2.88. The van der Waals surface area contributed by atoms with E-state index >= 15 is 0 Å². The van der Waals surface area contributed by atoms with Gasteiger partial charge in [0.1, 0.15) is 0 Å². The number of guanidine groups is 1. The van der Waals surface area contributed by atoms with Crippen molar-refractivity contribution in [2.75, 3.05) is 26.7 Å². The molecule has 0 amide bonds. The van der Waals surface area contributed by atoms with Gasteiger partial charge in [0, 0.05) is 44.1 Å². The van der Waals surface area contributed by atoms with Gasteiger partial charge in [0.15, 0.2) is 5.96 Å². The van der Waals surface area contributed by atoms with Gasteiger partial charge in [-0.15, -0.1) is 0 Å². The van der Waals surface area contributed by atoms with E-state index in [4.69, 9.17) is 4.74 Å². The summed E-state index contributed by atoms with van der Waals surface area (Å²) < 4.78 is 5.88. The first kappa shape index (κ1) is 14.2. The van der Waals surface area contributed by atoms with E-state index in [2.05, 4.69) is 36.0 Å². The van der Waals surface area contributed by atoms with Crippen molar-refractivity contribution in [2.24, 2.45) is 22.2 Å². The number of nitrogens with one attached hydrogen (secondary N) is 1. The predicted molar refractivity (Wildman–Crippen MR) is 81.9 cm³/mol. The number of likely N-dealkylation sites (tertiary alicyclic amines) is 1. The van der Waals surface area contributed by atoms with Crippen LogP contribution < -0.4 is 5.32 Å². The Morgan fingerprint density at radius 1 is 1.25 bits per heavy atom. The molecular weight excluding hydrogens is 250 g/mol. The van der Waals surface area contributed by atoms with E-state index in [1.807, 2.05) is 7.05 Å². The number of nitrogens with zero attached hydrogens (tertiary/aromatic N) is 2. The number of aliphatic imine (C=N–C) groups is 1. The lowest BCUT2D eigenvalue weighted by molar-refractivity contribution is -0.107. The van der Waals surface area contributed by atoms with E-state index in [1.165, 1.54) is 19.3 Å². The summed E-state index contributed by atoms with van der Waals surface area (Å²) in [7, 11) is 1.91. The maximum atomic E-state index is 5.88. The van der Waals surface area contributed by atoms with Crippen LogP contribution in [0.2, 0.25) is 0 Å². The molecule has 1 aliphatic carbocycles. The Morgan fingerprint density at radius 2 is 1.95 bits per heavy atom. The number of piperidine rings is 1. The Morgan fingerprint density at radius 3 is 2.60 bits per heavy atom. The molecule has 114 valence electrons. The van der Waals surface area contributed by atoms with Gasteiger partial charge in [0.2, 0.25) is 0 Å². The minimum atomic E-state index is 0.222. The average molecular weight is 279 g/mol. The van der Waals surface area contributed by atoms with Crippen LogP contribution in [0.3, 0.4) is 0 Å². The van der Waals surface area contributed by atoms with Gasteiger partial charge < -0.3 is 15.0 Å². The summed E-state index contributed by atoms with van der Waals surface area (Å²) in [6.07, 6.45) is 4.20. The van der Waals surface area contributed by atoms with Crippen LogP contribution in [0.15, 0.2) is 4.99 Å². The zero-order valence-corrected chi connectivity index (χ0v) is 13.4.